The molecule has 7 heteroatoms. The van der Waals surface area contributed by atoms with E-state index in [1.165, 1.54) is 11.3 Å². The van der Waals surface area contributed by atoms with E-state index in [1.54, 1.807) is 0 Å². The van der Waals surface area contributed by atoms with Crippen LogP contribution in [-0.2, 0) is 0 Å². The van der Waals surface area contributed by atoms with Crippen molar-refractivity contribution in [3.05, 3.63) is 26.5 Å². The topological polar surface area (TPSA) is 97.5 Å². The third-order valence-corrected chi connectivity index (χ3v) is 2.89. The Balaban J connectivity index is 2.39. The molecule has 1 N–H and O–H groups in total. The van der Waals surface area contributed by atoms with Gasteiger partial charge in [-0.1, -0.05) is 5.11 Å². The Morgan fingerprint density at radius 2 is 2.62 bits per heavy atom. The van der Waals surface area contributed by atoms with Gasteiger partial charge in [-0.2, -0.15) is 5.26 Å². The van der Waals surface area contributed by atoms with Gasteiger partial charge in [-0.3, -0.25) is 5.32 Å². The normalized spacial score (nSPS) is 11.5. The molecule has 0 aliphatic carbocycles. The third kappa shape index (κ3) is 3.87. The monoisotopic (exact) mass is 236 g/mol. The van der Waals surface area contributed by atoms with Crippen molar-refractivity contribution in [2.45, 2.75) is 19.4 Å². The number of thiazole rings is 1. The largest absolute Gasteiger partial charge is 0.296 e. The van der Waals surface area contributed by atoms with Crippen LogP contribution in [0.2, 0.25) is 0 Å². The molecule has 0 radical (unpaired) electrons. The molecular formula is C9H12N6S. The average molecular weight is 236 g/mol. The standard InChI is InChI=1S/C9H12N6S/c1-7-6-16-9(14-7)8(5-10)12-3-2-4-13-15-11/h6,8,12H,2-4H2,1H3. The lowest BCUT2D eigenvalue weighted by Gasteiger charge is -2.07. The maximum atomic E-state index is 8.96. The minimum Gasteiger partial charge on any atom is -0.296 e. The lowest BCUT2D eigenvalue weighted by molar-refractivity contribution is 0.604. The minimum absolute atomic E-state index is 0.371. The fourth-order valence-corrected chi connectivity index (χ4v) is 1.95. The number of nitrogens with zero attached hydrogens (tertiary/aromatic N) is 5. The number of hydrogen-bond acceptors (Lipinski definition) is 5. The Bertz CT molecular complexity index is 414. The Labute approximate surface area is 97.6 Å². The first kappa shape index (κ1) is 12.5. The molecule has 84 valence electrons. The Kier molecular flexibility index (Phi) is 5.29. The van der Waals surface area contributed by atoms with Gasteiger partial charge in [0.05, 0.1) is 6.07 Å². The SMILES string of the molecule is Cc1csc(C(C#N)NCCCN=[N+]=[N-])n1. The van der Waals surface area contributed by atoms with Crippen molar-refractivity contribution >= 4 is 11.3 Å². The van der Waals surface area contributed by atoms with E-state index in [0.29, 0.717) is 19.5 Å². The maximum Gasteiger partial charge on any atom is 0.148 e. The molecule has 0 fully saturated rings. The van der Waals surface area contributed by atoms with Crippen molar-refractivity contribution in [1.82, 2.24) is 10.3 Å². The minimum atomic E-state index is -0.371. The summed E-state index contributed by atoms with van der Waals surface area (Å²) in [5, 5.41) is 18.1. The van der Waals surface area contributed by atoms with Gasteiger partial charge in [0.15, 0.2) is 0 Å². The van der Waals surface area contributed by atoms with E-state index in [-0.39, 0.29) is 6.04 Å². The molecule has 1 rings (SSSR count). The molecule has 1 heterocycles. The summed E-state index contributed by atoms with van der Waals surface area (Å²) in [6.45, 7) is 2.98. The van der Waals surface area contributed by atoms with Crippen LogP contribution in [0.5, 0.6) is 0 Å². The van der Waals surface area contributed by atoms with Crippen LogP contribution >= 0.6 is 11.3 Å². The second kappa shape index (κ2) is 6.80. The van der Waals surface area contributed by atoms with E-state index in [4.69, 9.17) is 10.8 Å². The van der Waals surface area contributed by atoms with Crippen molar-refractivity contribution in [2.75, 3.05) is 13.1 Å². The van der Waals surface area contributed by atoms with E-state index in [0.717, 1.165) is 10.7 Å². The molecule has 16 heavy (non-hydrogen) atoms. The van der Waals surface area contributed by atoms with E-state index in [9.17, 15) is 0 Å². The van der Waals surface area contributed by atoms with Crippen molar-refractivity contribution in [3.63, 3.8) is 0 Å². The van der Waals surface area contributed by atoms with Crippen LogP contribution in [-0.4, -0.2) is 18.1 Å². The van der Waals surface area contributed by atoms with Crippen LogP contribution in [0, 0.1) is 18.3 Å². The molecule has 1 atom stereocenters. The molecule has 0 spiro atoms. The summed E-state index contributed by atoms with van der Waals surface area (Å²) >= 11 is 1.47. The molecule has 0 saturated heterocycles. The van der Waals surface area contributed by atoms with Gasteiger partial charge >= 0.3 is 0 Å². The van der Waals surface area contributed by atoms with Gasteiger partial charge in [-0.15, -0.1) is 11.3 Å². The number of azide groups is 1. The van der Waals surface area contributed by atoms with Crippen LogP contribution in [0.1, 0.15) is 23.2 Å². The van der Waals surface area contributed by atoms with E-state index >= 15 is 0 Å². The van der Waals surface area contributed by atoms with Crippen LogP contribution in [0.25, 0.3) is 10.4 Å². The fraction of sp³-hybridized carbons (Fsp3) is 0.556. The Morgan fingerprint density at radius 3 is 3.19 bits per heavy atom. The quantitative estimate of drug-likeness (QED) is 0.355. The summed E-state index contributed by atoms with van der Waals surface area (Å²) in [7, 11) is 0. The number of aromatic nitrogens is 1. The lowest BCUT2D eigenvalue weighted by Crippen LogP contribution is -2.21. The number of aryl methyl sites for hydroxylation is 1. The summed E-state index contributed by atoms with van der Waals surface area (Å²) in [6.07, 6.45) is 0.715. The highest BCUT2D eigenvalue weighted by molar-refractivity contribution is 7.09. The highest BCUT2D eigenvalue weighted by Crippen LogP contribution is 2.17. The summed E-state index contributed by atoms with van der Waals surface area (Å²) in [4.78, 5) is 6.90. The van der Waals surface area contributed by atoms with Gasteiger partial charge in [0.2, 0.25) is 0 Å². The highest BCUT2D eigenvalue weighted by Gasteiger charge is 2.12. The van der Waals surface area contributed by atoms with E-state index in [1.807, 2.05) is 12.3 Å². The second-order valence-corrected chi connectivity index (χ2v) is 4.04. The Morgan fingerprint density at radius 1 is 1.81 bits per heavy atom. The predicted molar refractivity (Wildman–Crippen MR) is 61.8 cm³/mol. The smallest absolute Gasteiger partial charge is 0.148 e. The number of nitrogens with one attached hydrogen (secondary N) is 1. The number of rotatable bonds is 6. The highest BCUT2D eigenvalue weighted by atomic mass is 32.1. The molecule has 0 aliphatic heterocycles. The number of hydrogen-bond donors (Lipinski definition) is 1. The van der Waals surface area contributed by atoms with E-state index in [2.05, 4.69) is 26.4 Å². The van der Waals surface area contributed by atoms with Gasteiger partial charge in [0.25, 0.3) is 0 Å². The molecule has 0 saturated carbocycles. The van der Waals surface area contributed by atoms with Crippen LogP contribution in [0.4, 0.5) is 0 Å². The molecular weight excluding hydrogens is 224 g/mol. The zero-order valence-electron chi connectivity index (χ0n) is 8.92. The number of nitriles is 1. The first-order valence-corrected chi connectivity index (χ1v) is 5.71. The zero-order valence-corrected chi connectivity index (χ0v) is 9.74. The molecule has 1 unspecified atom stereocenters. The molecule has 0 aromatic carbocycles. The third-order valence-electron chi connectivity index (χ3n) is 1.86. The molecule has 1 aromatic rings. The van der Waals surface area contributed by atoms with Crippen molar-refractivity contribution in [2.24, 2.45) is 5.11 Å². The van der Waals surface area contributed by atoms with Crippen molar-refractivity contribution in [1.29, 1.82) is 5.26 Å². The average Bonchev–Trinajstić information content (AvgIpc) is 2.70. The van der Waals surface area contributed by atoms with Gasteiger partial charge in [0.1, 0.15) is 11.0 Å². The first-order chi connectivity index (χ1) is 7.77. The van der Waals surface area contributed by atoms with E-state index < -0.39 is 0 Å². The van der Waals surface area contributed by atoms with Crippen molar-refractivity contribution in [3.8, 4) is 6.07 Å². The Hall–Kier alpha value is -1.61. The first-order valence-electron chi connectivity index (χ1n) is 4.84. The van der Waals surface area contributed by atoms with Gasteiger partial charge < -0.3 is 0 Å². The zero-order chi connectivity index (χ0) is 11.8. The molecule has 0 aliphatic rings. The molecule has 1 aromatic heterocycles. The van der Waals surface area contributed by atoms with Crippen LogP contribution in [0.3, 0.4) is 0 Å². The van der Waals surface area contributed by atoms with Crippen molar-refractivity contribution < 1.29 is 0 Å². The summed E-state index contributed by atoms with van der Waals surface area (Å²) in [5.74, 6) is 0. The lowest BCUT2D eigenvalue weighted by atomic mass is 10.3. The second-order valence-electron chi connectivity index (χ2n) is 3.15. The van der Waals surface area contributed by atoms with Gasteiger partial charge in [-0.25, -0.2) is 4.98 Å². The molecule has 0 amide bonds. The van der Waals surface area contributed by atoms with Gasteiger partial charge in [0, 0.05) is 22.5 Å². The summed E-state index contributed by atoms with van der Waals surface area (Å²) in [6, 6.07) is 1.79. The maximum absolute atomic E-state index is 8.96. The molecule has 0 bridgehead atoms. The molecule has 6 nitrogen and oxygen atoms in total. The summed E-state index contributed by atoms with van der Waals surface area (Å²) in [5.41, 5.74) is 9.01. The fourth-order valence-electron chi connectivity index (χ4n) is 1.13. The predicted octanol–water partition coefficient (Wildman–Crippen LogP) is 2.31. The van der Waals surface area contributed by atoms with Gasteiger partial charge in [-0.05, 0) is 25.4 Å². The summed E-state index contributed by atoms with van der Waals surface area (Å²) < 4.78 is 0. The van der Waals surface area contributed by atoms with Crippen LogP contribution in [0.15, 0.2) is 10.5 Å². The van der Waals surface area contributed by atoms with Crippen LogP contribution < -0.4 is 5.32 Å².